The van der Waals surface area contributed by atoms with Crippen LogP contribution in [-0.4, -0.2) is 54.2 Å². The number of carbonyl (C=O) groups is 2. The van der Waals surface area contributed by atoms with E-state index in [0.717, 1.165) is 5.56 Å². The van der Waals surface area contributed by atoms with Gasteiger partial charge in [0.15, 0.2) is 0 Å². The van der Waals surface area contributed by atoms with Crippen molar-refractivity contribution in [3.8, 4) is 0 Å². The molecule has 1 saturated heterocycles. The quantitative estimate of drug-likeness (QED) is 0.821. The molecule has 1 aromatic carbocycles. The van der Waals surface area contributed by atoms with Gasteiger partial charge >= 0.3 is 5.97 Å². The number of carboxylic acid groups (broad SMARTS) is 1. The summed E-state index contributed by atoms with van der Waals surface area (Å²) >= 11 is 0. The second kappa shape index (κ2) is 7.19. The van der Waals surface area contributed by atoms with Gasteiger partial charge in [0.1, 0.15) is 0 Å². The van der Waals surface area contributed by atoms with E-state index in [9.17, 15) is 9.59 Å². The summed E-state index contributed by atoms with van der Waals surface area (Å²) in [6, 6.07) is 9.39. The lowest BCUT2D eigenvalue weighted by Crippen LogP contribution is -2.48. The van der Waals surface area contributed by atoms with Gasteiger partial charge in [-0.05, 0) is 5.56 Å². The minimum Gasteiger partial charge on any atom is -0.481 e. The molecule has 0 saturated carbocycles. The fourth-order valence-corrected chi connectivity index (χ4v) is 2.52. The maximum atomic E-state index is 12.6. The van der Waals surface area contributed by atoms with E-state index >= 15 is 0 Å². The molecule has 114 valence electrons. The first-order valence-electron chi connectivity index (χ1n) is 6.99. The van der Waals surface area contributed by atoms with Gasteiger partial charge in [-0.2, -0.15) is 0 Å². The Morgan fingerprint density at radius 1 is 1.38 bits per heavy atom. The summed E-state index contributed by atoms with van der Waals surface area (Å²) in [7, 11) is 0. The molecule has 0 aromatic heterocycles. The number of carboxylic acids is 1. The van der Waals surface area contributed by atoms with Crippen molar-refractivity contribution in [3.63, 3.8) is 0 Å². The third-order valence-corrected chi connectivity index (χ3v) is 3.59. The van der Waals surface area contributed by atoms with Gasteiger partial charge in [-0.3, -0.25) is 9.59 Å². The Balaban J connectivity index is 2.05. The van der Waals surface area contributed by atoms with Crippen LogP contribution in [0.1, 0.15) is 17.9 Å². The summed E-state index contributed by atoms with van der Waals surface area (Å²) in [5.74, 6) is -1.38. The Morgan fingerprint density at radius 2 is 2.10 bits per heavy atom. The Bertz CT molecular complexity index is 492. The van der Waals surface area contributed by atoms with Crippen molar-refractivity contribution in [2.24, 2.45) is 5.73 Å². The summed E-state index contributed by atoms with van der Waals surface area (Å²) in [5, 5.41) is 8.82. The van der Waals surface area contributed by atoms with Crippen LogP contribution in [-0.2, 0) is 14.3 Å². The third-order valence-electron chi connectivity index (χ3n) is 3.59. The molecule has 0 spiro atoms. The monoisotopic (exact) mass is 292 g/mol. The minimum atomic E-state index is -0.923. The molecule has 21 heavy (non-hydrogen) atoms. The van der Waals surface area contributed by atoms with Crippen LogP contribution in [0.4, 0.5) is 0 Å². The van der Waals surface area contributed by atoms with Crippen LogP contribution in [0.15, 0.2) is 30.3 Å². The van der Waals surface area contributed by atoms with Crippen molar-refractivity contribution in [2.45, 2.75) is 18.4 Å². The first kappa shape index (κ1) is 15.5. The maximum Gasteiger partial charge on any atom is 0.306 e. The molecule has 0 aliphatic carbocycles. The molecule has 1 aliphatic rings. The van der Waals surface area contributed by atoms with E-state index in [2.05, 4.69) is 0 Å². The molecule has 2 rings (SSSR count). The third kappa shape index (κ3) is 4.03. The number of morpholine rings is 1. The predicted octanol–water partition coefficient (Wildman–Crippen LogP) is 0.431. The lowest BCUT2D eigenvalue weighted by Gasteiger charge is -2.34. The second-order valence-electron chi connectivity index (χ2n) is 5.07. The maximum absolute atomic E-state index is 12.6. The number of rotatable bonds is 5. The van der Waals surface area contributed by atoms with E-state index in [4.69, 9.17) is 15.6 Å². The molecule has 1 amide bonds. The summed E-state index contributed by atoms with van der Waals surface area (Å²) in [4.78, 5) is 25.0. The summed E-state index contributed by atoms with van der Waals surface area (Å²) in [5.41, 5.74) is 6.64. The Kier molecular flexibility index (Phi) is 5.30. The number of ether oxygens (including phenoxy) is 1. The molecule has 2 atom stereocenters. The van der Waals surface area contributed by atoms with E-state index in [0.29, 0.717) is 19.7 Å². The number of hydrogen-bond donors (Lipinski definition) is 2. The van der Waals surface area contributed by atoms with Crippen molar-refractivity contribution in [1.82, 2.24) is 4.90 Å². The zero-order valence-electron chi connectivity index (χ0n) is 11.8. The largest absolute Gasteiger partial charge is 0.481 e. The summed E-state index contributed by atoms with van der Waals surface area (Å²) in [6.07, 6.45) is -0.544. The van der Waals surface area contributed by atoms with Crippen LogP contribution in [0.25, 0.3) is 0 Å². The predicted molar refractivity (Wildman–Crippen MR) is 76.8 cm³/mol. The van der Waals surface area contributed by atoms with Crippen LogP contribution >= 0.6 is 0 Å². The fourth-order valence-electron chi connectivity index (χ4n) is 2.52. The molecule has 6 nitrogen and oxygen atoms in total. The van der Waals surface area contributed by atoms with Gasteiger partial charge in [-0.15, -0.1) is 0 Å². The molecular formula is C15H20N2O4. The highest BCUT2D eigenvalue weighted by atomic mass is 16.5. The number of nitrogens with zero attached hydrogens (tertiary/aromatic N) is 1. The van der Waals surface area contributed by atoms with Crippen LogP contribution in [0.5, 0.6) is 0 Å². The lowest BCUT2D eigenvalue weighted by molar-refractivity contribution is -0.148. The highest BCUT2D eigenvalue weighted by Crippen LogP contribution is 2.19. The zero-order chi connectivity index (χ0) is 15.2. The van der Waals surface area contributed by atoms with Gasteiger partial charge in [0.05, 0.1) is 25.0 Å². The molecule has 0 radical (unpaired) electrons. The van der Waals surface area contributed by atoms with Gasteiger partial charge in [0.25, 0.3) is 0 Å². The van der Waals surface area contributed by atoms with E-state index < -0.39 is 18.0 Å². The molecule has 1 aliphatic heterocycles. The highest BCUT2D eigenvalue weighted by Gasteiger charge is 2.30. The number of benzene rings is 1. The number of carbonyl (C=O) groups excluding carboxylic acids is 1. The number of amides is 1. The van der Waals surface area contributed by atoms with Gasteiger partial charge in [0, 0.05) is 19.6 Å². The molecular weight excluding hydrogens is 272 g/mol. The molecule has 6 heteroatoms. The second-order valence-corrected chi connectivity index (χ2v) is 5.07. The van der Waals surface area contributed by atoms with Crippen molar-refractivity contribution < 1.29 is 19.4 Å². The Labute approximate surface area is 123 Å². The van der Waals surface area contributed by atoms with Crippen molar-refractivity contribution in [1.29, 1.82) is 0 Å². The van der Waals surface area contributed by atoms with Crippen LogP contribution in [0, 0.1) is 0 Å². The Hall–Kier alpha value is -1.92. The van der Waals surface area contributed by atoms with Crippen LogP contribution in [0.3, 0.4) is 0 Å². The van der Waals surface area contributed by atoms with E-state index in [-0.39, 0.29) is 18.9 Å². The standard InChI is InChI=1S/C15H20N2O4/c16-9-13(11-4-2-1-3-5-11)15(20)17-6-7-21-12(10-17)8-14(18)19/h1-5,12-13H,6-10,16H2,(H,18,19). The zero-order valence-corrected chi connectivity index (χ0v) is 11.8. The normalized spacial score (nSPS) is 20.0. The lowest BCUT2D eigenvalue weighted by atomic mass is 9.97. The number of hydrogen-bond acceptors (Lipinski definition) is 4. The first-order valence-corrected chi connectivity index (χ1v) is 6.99. The summed E-state index contributed by atoms with van der Waals surface area (Å²) < 4.78 is 5.38. The van der Waals surface area contributed by atoms with Crippen molar-refractivity contribution in [2.75, 3.05) is 26.2 Å². The SMILES string of the molecule is NCC(C(=O)N1CCOC(CC(=O)O)C1)c1ccccc1. The number of nitrogens with two attached hydrogens (primary N) is 1. The molecule has 0 bridgehead atoms. The first-order chi connectivity index (χ1) is 10.1. The highest BCUT2D eigenvalue weighted by molar-refractivity contribution is 5.84. The molecule has 1 aromatic rings. The van der Waals surface area contributed by atoms with E-state index in [1.807, 2.05) is 30.3 Å². The number of aliphatic carboxylic acids is 1. The van der Waals surface area contributed by atoms with Gasteiger partial charge < -0.3 is 20.5 Å². The molecule has 1 fully saturated rings. The van der Waals surface area contributed by atoms with Crippen molar-refractivity contribution in [3.05, 3.63) is 35.9 Å². The minimum absolute atomic E-state index is 0.0672. The molecule has 2 unspecified atom stereocenters. The Morgan fingerprint density at radius 3 is 2.71 bits per heavy atom. The molecule has 3 N–H and O–H groups in total. The van der Waals surface area contributed by atoms with Gasteiger partial charge in [-0.1, -0.05) is 30.3 Å². The van der Waals surface area contributed by atoms with Crippen molar-refractivity contribution >= 4 is 11.9 Å². The van der Waals surface area contributed by atoms with Gasteiger partial charge in [0.2, 0.25) is 5.91 Å². The topological polar surface area (TPSA) is 92.9 Å². The fraction of sp³-hybridized carbons (Fsp3) is 0.467. The van der Waals surface area contributed by atoms with Crippen LogP contribution < -0.4 is 5.73 Å². The average molecular weight is 292 g/mol. The smallest absolute Gasteiger partial charge is 0.306 e. The molecule has 1 heterocycles. The summed E-state index contributed by atoms with van der Waals surface area (Å²) in [6.45, 7) is 1.35. The van der Waals surface area contributed by atoms with E-state index in [1.54, 1.807) is 4.90 Å². The van der Waals surface area contributed by atoms with E-state index in [1.165, 1.54) is 0 Å². The average Bonchev–Trinajstić information content (AvgIpc) is 2.48. The van der Waals surface area contributed by atoms with Crippen LogP contribution in [0.2, 0.25) is 0 Å². The van der Waals surface area contributed by atoms with Gasteiger partial charge in [-0.25, -0.2) is 0 Å².